The first kappa shape index (κ1) is 14.0. The minimum atomic E-state index is -4.98. The third-order valence-electron chi connectivity index (χ3n) is 1.98. The number of ether oxygens (including phenoxy) is 1. The second-order valence-electron chi connectivity index (χ2n) is 3.29. The fraction of sp³-hybridized carbons (Fsp3) is 0.333. The van der Waals surface area contributed by atoms with Gasteiger partial charge in [-0.05, 0) is 0 Å². The molecule has 1 aromatic heterocycles. The first-order chi connectivity index (χ1) is 8.24. The van der Waals surface area contributed by atoms with Crippen LogP contribution in [0.25, 0.3) is 0 Å². The summed E-state index contributed by atoms with van der Waals surface area (Å²) in [4.78, 5) is 14.1. The second-order valence-corrected chi connectivity index (χ2v) is 3.29. The highest BCUT2D eigenvalue weighted by Gasteiger charge is 2.34. The van der Waals surface area contributed by atoms with Gasteiger partial charge in [0.15, 0.2) is 5.75 Å². The molecule has 5 N–H and O–H groups in total. The molecule has 0 aliphatic carbocycles. The highest BCUT2D eigenvalue weighted by Crippen LogP contribution is 2.32. The minimum Gasteiger partial charge on any atom is -0.481 e. The number of aliphatic carboxylic acids is 1. The Labute approximate surface area is 99.4 Å². The van der Waals surface area contributed by atoms with Gasteiger partial charge < -0.3 is 21.3 Å². The largest absolute Gasteiger partial charge is 0.573 e. The number of carbonyl (C=O) groups is 1. The number of hydrogen-bond acceptors (Lipinski definition) is 5. The summed E-state index contributed by atoms with van der Waals surface area (Å²) in [5.74, 6) is -2.09. The first-order valence-electron chi connectivity index (χ1n) is 4.68. The van der Waals surface area contributed by atoms with Crippen LogP contribution in [0.1, 0.15) is 11.3 Å². The number of nitrogens with two attached hydrogens (primary N) is 2. The average molecular weight is 265 g/mol. The van der Waals surface area contributed by atoms with Gasteiger partial charge in [0.2, 0.25) is 0 Å². The Hall–Kier alpha value is -2.03. The van der Waals surface area contributed by atoms with Gasteiger partial charge in [0, 0.05) is 12.1 Å². The number of alkyl halides is 3. The SMILES string of the molecule is NCc1c(N)cnc(CC(=O)O)c1OC(F)(F)F. The Morgan fingerprint density at radius 3 is 2.56 bits per heavy atom. The van der Waals surface area contributed by atoms with Crippen molar-refractivity contribution in [2.24, 2.45) is 5.73 Å². The van der Waals surface area contributed by atoms with Gasteiger partial charge in [0.05, 0.1) is 24.0 Å². The van der Waals surface area contributed by atoms with Crippen molar-refractivity contribution >= 4 is 11.7 Å². The van der Waals surface area contributed by atoms with Gasteiger partial charge in [0.25, 0.3) is 0 Å². The van der Waals surface area contributed by atoms with E-state index in [9.17, 15) is 18.0 Å². The Morgan fingerprint density at radius 2 is 2.11 bits per heavy atom. The summed E-state index contributed by atoms with van der Waals surface area (Å²) in [6.07, 6.45) is -4.66. The molecular weight excluding hydrogens is 255 g/mol. The van der Waals surface area contributed by atoms with Crippen molar-refractivity contribution < 1.29 is 27.8 Å². The fourth-order valence-corrected chi connectivity index (χ4v) is 1.31. The van der Waals surface area contributed by atoms with E-state index >= 15 is 0 Å². The van der Waals surface area contributed by atoms with Crippen LogP contribution in [0.4, 0.5) is 18.9 Å². The molecule has 0 aromatic carbocycles. The molecule has 9 heteroatoms. The maximum Gasteiger partial charge on any atom is 0.573 e. The molecule has 0 fully saturated rings. The highest BCUT2D eigenvalue weighted by molar-refractivity contribution is 5.71. The first-order valence-corrected chi connectivity index (χ1v) is 4.68. The van der Waals surface area contributed by atoms with E-state index < -0.39 is 24.5 Å². The second kappa shape index (κ2) is 5.08. The zero-order valence-electron chi connectivity index (χ0n) is 8.99. The maximum atomic E-state index is 12.2. The van der Waals surface area contributed by atoms with Gasteiger partial charge in [-0.2, -0.15) is 0 Å². The normalized spacial score (nSPS) is 11.3. The number of carboxylic acid groups (broad SMARTS) is 1. The average Bonchev–Trinajstić information content (AvgIpc) is 2.20. The molecule has 0 atom stereocenters. The lowest BCUT2D eigenvalue weighted by molar-refractivity contribution is -0.275. The Balaban J connectivity index is 3.29. The van der Waals surface area contributed by atoms with Crippen LogP contribution in [0.2, 0.25) is 0 Å². The number of anilines is 1. The summed E-state index contributed by atoms with van der Waals surface area (Å²) in [7, 11) is 0. The molecule has 0 aliphatic rings. The van der Waals surface area contributed by atoms with E-state index in [1.54, 1.807) is 0 Å². The molecule has 1 heterocycles. The number of pyridine rings is 1. The number of rotatable bonds is 4. The fourth-order valence-electron chi connectivity index (χ4n) is 1.31. The van der Waals surface area contributed by atoms with Crippen LogP contribution in [0.3, 0.4) is 0 Å². The van der Waals surface area contributed by atoms with Crippen molar-refractivity contribution in [1.29, 1.82) is 0 Å². The van der Waals surface area contributed by atoms with Gasteiger partial charge in [-0.3, -0.25) is 9.78 Å². The number of hydrogen-bond donors (Lipinski definition) is 3. The number of halogens is 3. The highest BCUT2D eigenvalue weighted by atomic mass is 19.4. The van der Waals surface area contributed by atoms with Crippen molar-refractivity contribution in [3.63, 3.8) is 0 Å². The smallest absolute Gasteiger partial charge is 0.481 e. The molecule has 1 rings (SSSR count). The van der Waals surface area contributed by atoms with E-state index in [1.165, 1.54) is 0 Å². The van der Waals surface area contributed by atoms with E-state index in [1.807, 2.05) is 0 Å². The summed E-state index contributed by atoms with van der Waals surface area (Å²) < 4.78 is 40.4. The Bertz CT molecular complexity index is 462. The van der Waals surface area contributed by atoms with E-state index in [0.717, 1.165) is 6.20 Å². The van der Waals surface area contributed by atoms with Crippen LogP contribution >= 0.6 is 0 Å². The molecule has 18 heavy (non-hydrogen) atoms. The van der Waals surface area contributed by atoms with Crippen molar-refractivity contribution in [1.82, 2.24) is 4.98 Å². The summed E-state index contributed by atoms with van der Waals surface area (Å²) in [5, 5.41) is 8.58. The predicted octanol–water partition coefficient (Wildman–Crippen LogP) is 0.648. The molecule has 0 saturated heterocycles. The molecule has 6 nitrogen and oxygen atoms in total. The predicted molar refractivity (Wildman–Crippen MR) is 54.6 cm³/mol. The number of carboxylic acids is 1. The van der Waals surface area contributed by atoms with Crippen molar-refractivity contribution in [2.45, 2.75) is 19.3 Å². The zero-order chi connectivity index (χ0) is 13.9. The molecule has 0 amide bonds. The van der Waals surface area contributed by atoms with E-state index in [4.69, 9.17) is 16.6 Å². The molecule has 1 aromatic rings. The number of nitrogen functional groups attached to an aromatic ring is 1. The Morgan fingerprint density at radius 1 is 1.50 bits per heavy atom. The molecule has 0 unspecified atom stereocenters. The van der Waals surface area contributed by atoms with E-state index in [0.29, 0.717) is 0 Å². The van der Waals surface area contributed by atoms with Crippen LogP contribution in [-0.4, -0.2) is 22.4 Å². The molecule has 0 spiro atoms. The van der Waals surface area contributed by atoms with Gasteiger partial charge in [0.1, 0.15) is 0 Å². The molecular formula is C9H10F3N3O3. The topological polar surface area (TPSA) is 111 Å². The lowest BCUT2D eigenvalue weighted by atomic mass is 10.1. The molecule has 100 valence electrons. The van der Waals surface area contributed by atoms with Gasteiger partial charge in [-0.25, -0.2) is 0 Å². The van der Waals surface area contributed by atoms with Crippen molar-refractivity contribution in [3.8, 4) is 5.75 Å². The van der Waals surface area contributed by atoms with E-state index in [2.05, 4.69) is 9.72 Å². The summed E-state index contributed by atoms with van der Waals surface area (Å²) in [5.41, 5.74) is 10.1. The van der Waals surface area contributed by atoms with E-state index in [-0.39, 0.29) is 23.5 Å². The maximum absolute atomic E-state index is 12.2. The van der Waals surface area contributed by atoms with Crippen LogP contribution in [0.15, 0.2) is 6.20 Å². The summed E-state index contributed by atoms with van der Waals surface area (Å²) >= 11 is 0. The standard InChI is InChI=1S/C9H10F3N3O3/c10-9(11,12)18-8-4(2-13)5(14)3-15-6(8)1-7(16)17/h3H,1-2,13-14H2,(H,16,17). The number of nitrogens with zero attached hydrogens (tertiary/aromatic N) is 1. The Kier molecular flexibility index (Phi) is 3.96. The molecule has 0 aliphatic heterocycles. The van der Waals surface area contributed by atoms with Gasteiger partial charge in [-0.1, -0.05) is 0 Å². The lowest BCUT2D eigenvalue weighted by Crippen LogP contribution is -2.22. The van der Waals surface area contributed by atoms with Crippen LogP contribution in [0.5, 0.6) is 5.75 Å². The van der Waals surface area contributed by atoms with Crippen molar-refractivity contribution in [3.05, 3.63) is 17.5 Å². The quantitative estimate of drug-likeness (QED) is 0.736. The molecule has 0 saturated carbocycles. The summed E-state index contributed by atoms with van der Waals surface area (Å²) in [6.45, 7) is -0.327. The number of aromatic nitrogens is 1. The van der Waals surface area contributed by atoms with Crippen LogP contribution in [-0.2, 0) is 17.8 Å². The monoisotopic (exact) mass is 265 g/mol. The van der Waals surface area contributed by atoms with Gasteiger partial charge in [-0.15, -0.1) is 13.2 Å². The minimum absolute atomic E-state index is 0.0918. The lowest BCUT2D eigenvalue weighted by Gasteiger charge is -2.16. The summed E-state index contributed by atoms with van der Waals surface area (Å²) in [6, 6.07) is 0. The van der Waals surface area contributed by atoms with Crippen LogP contribution < -0.4 is 16.2 Å². The zero-order valence-corrected chi connectivity index (χ0v) is 8.99. The molecule has 0 bridgehead atoms. The van der Waals surface area contributed by atoms with Crippen LogP contribution in [0, 0.1) is 0 Å². The van der Waals surface area contributed by atoms with Crippen molar-refractivity contribution in [2.75, 3.05) is 5.73 Å². The third-order valence-corrected chi connectivity index (χ3v) is 1.98. The van der Waals surface area contributed by atoms with Gasteiger partial charge >= 0.3 is 12.3 Å². The third kappa shape index (κ3) is 3.48. The molecule has 0 radical (unpaired) electrons.